The molecule has 0 bridgehead atoms. The molecule has 2 atom stereocenters. The smallest absolute Gasteiger partial charge is 0.243 e. The number of amides is 2. The quantitative estimate of drug-likeness (QED) is 0.421. The maximum atomic E-state index is 13.3. The number of nitrogens with zero attached hydrogens (tertiary/aromatic N) is 1. The number of hydrogen-bond donors (Lipinski definition) is 1. The van der Waals surface area contributed by atoms with Crippen LogP contribution in [0.1, 0.15) is 44.7 Å². The van der Waals surface area contributed by atoms with Crippen molar-refractivity contribution in [2.24, 2.45) is 0 Å². The van der Waals surface area contributed by atoms with Crippen LogP contribution in [0, 0.1) is 0 Å². The highest BCUT2D eigenvalue weighted by molar-refractivity contribution is 6.42. The molecule has 2 rings (SSSR count). The summed E-state index contributed by atoms with van der Waals surface area (Å²) >= 11 is 24.3. The Hall–Kier alpha value is -1.46. The van der Waals surface area contributed by atoms with E-state index in [1.807, 2.05) is 20.8 Å². The second-order valence-electron chi connectivity index (χ2n) is 7.44. The highest BCUT2D eigenvalue weighted by atomic mass is 35.5. The molecule has 4 nitrogen and oxygen atoms in total. The molecule has 0 aromatic heterocycles. The van der Waals surface area contributed by atoms with E-state index in [9.17, 15) is 9.59 Å². The molecule has 2 unspecified atom stereocenters. The molecule has 2 aromatic carbocycles. The molecule has 0 aliphatic carbocycles. The molecule has 2 aromatic rings. The first-order valence-electron chi connectivity index (χ1n) is 10.1. The number of hydrogen-bond acceptors (Lipinski definition) is 2. The summed E-state index contributed by atoms with van der Waals surface area (Å²) in [5.41, 5.74) is 1.50. The summed E-state index contributed by atoms with van der Waals surface area (Å²) in [6.07, 6.45) is 1.36. The van der Waals surface area contributed by atoms with Crippen LogP contribution in [0.4, 0.5) is 0 Å². The van der Waals surface area contributed by atoms with E-state index in [4.69, 9.17) is 46.4 Å². The van der Waals surface area contributed by atoms with E-state index >= 15 is 0 Å². The van der Waals surface area contributed by atoms with Crippen LogP contribution in [0.15, 0.2) is 36.4 Å². The van der Waals surface area contributed by atoms with Gasteiger partial charge in [-0.05, 0) is 55.2 Å². The van der Waals surface area contributed by atoms with E-state index in [1.54, 1.807) is 41.3 Å². The lowest BCUT2D eigenvalue weighted by molar-refractivity contribution is -0.141. The fourth-order valence-electron chi connectivity index (χ4n) is 3.12. The normalized spacial score (nSPS) is 12.9. The monoisotopic (exact) mass is 502 g/mol. The lowest BCUT2D eigenvalue weighted by Crippen LogP contribution is -2.51. The number of rotatable bonds is 9. The van der Waals surface area contributed by atoms with Gasteiger partial charge in [0.2, 0.25) is 11.8 Å². The average Bonchev–Trinajstić information content (AvgIpc) is 2.72. The van der Waals surface area contributed by atoms with E-state index in [-0.39, 0.29) is 30.8 Å². The van der Waals surface area contributed by atoms with E-state index in [2.05, 4.69) is 5.32 Å². The van der Waals surface area contributed by atoms with Gasteiger partial charge in [0.25, 0.3) is 0 Å². The molecule has 1 N–H and O–H groups in total. The molecule has 0 aliphatic rings. The van der Waals surface area contributed by atoms with Gasteiger partial charge < -0.3 is 10.2 Å². The lowest BCUT2D eigenvalue weighted by Gasteiger charge is -2.31. The lowest BCUT2D eigenvalue weighted by atomic mass is 10.1. The van der Waals surface area contributed by atoms with Gasteiger partial charge in [-0.25, -0.2) is 0 Å². The first-order chi connectivity index (χ1) is 14.7. The van der Waals surface area contributed by atoms with E-state index in [1.165, 1.54) is 0 Å². The number of nitrogens with one attached hydrogen (secondary N) is 1. The summed E-state index contributed by atoms with van der Waals surface area (Å²) in [6.45, 7) is 6.04. The summed E-state index contributed by atoms with van der Waals surface area (Å²) in [6, 6.07) is 9.65. The van der Waals surface area contributed by atoms with Crippen molar-refractivity contribution in [2.45, 2.75) is 58.7 Å². The SMILES string of the molecule is CCC(C)NC(=O)C(CC)N(Cc1ccc(Cl)c(Cl)c1)C(=O)Cc1ccc(Cl)c(Cl)c1. The summed E-state index contributed by atoms with van der Waals surface area (Å²) in [5, 5.41) is 4.61. The molecule has 0 spiro atoms. The highest BCUT2D eigenvalue weighted by Gasteiger charge is 2.29. The Morgan fingerprint density at radius 1 is 0.871 bits per heavy atom. The highest BCUT2D eigenvalue weighted by Crippen LogP contribution is 2.26. The Labute approximate surface area is 203 Å². The molecule has 0 fully saturated rings. The van der Waals surface area contributed by atoms with Crippen molar-refractivity contribution in [1.82, 2.24) is 10.2 Å². The second-order valence-corrected chi connectivity index (χ2v) is 9.07. The van der Waals surface area contributed by atoms with Gasteiger partial charge in [-0.1, -0.05) is 72.4 Å². The molecule has 168 valence electrons. The van der Waals surface area contributed by atoms with Crippen molar-refractivity contribution < 1.29 is 9.59 Å². The average molecular weight is 504 g/mol. The number of carbonyl (C=O) groups excluding carboxylic acids is 2. The largest absolute Gasteiger partial charge is 0.352 e. The van der Waals surface area contributed by atoms with E-state index in [0.29, 0.717) is 26.5 Å². The zero-order chi connectivity index (χ0) is 23.1. The van der Waals surface area contributed by atoms with Crippen LogP contribution in [0.2, 0.25) is 20.1 Å². The van der Waals surface area contributed by atoms with Crippen LogP contribution in [0.3, 0.4) is 0 Å². The van der Waals surface area contributed by atoms with Gasteiger partial charge in [0.1, 0.15) is 6.04 Å². The van der Waals surface area contributed by atoms with E-state index in [0.717, 1.165) is 17.5 Å². The fourth-order valence-corrected chi connectivity index (χ4v) is 3.76. The summed E-state index contributed by atoms with van der Waals surface area (Å²) in [4.78, 5) is 27.9. The minimum atomic E-state index is -0.626. The standard InChI is InChI=1S/C23H26Cl4N2O2/c1-4-14(3)28-23(31)21(5-2)29(13-16-7-9-18(25)20(27)11-16)22(30)12-15-6-8-17(24)19(26)10-15/h6-11,14,21H,4-5,12-13H2,1-3H3,(H,28,31). The number of benzene rings is 2. The third kappa shape index (κ3) is 7.28. The minimum absolute atomic E-state index is 0.0125. The Morgan fingerprint density at radius 3 is 1.94 bits per heavy atom. The predicted molar refractivity (Wildman–Crippen MR) is 129 cm³/mol. The maximum Gasteiger partial charge on any atom is 0.243 e. The molecule has 0 heterocycles. The summed E-state index contributed by atoms with van der Waals surface area (Å²) < 4.78 is 0. The Balaban J connectivity index is 2.34. The Bertz CT molecular complexity index is 936. The molecule has 8 heteroatoms. The zero-order valence-electron chi connectivity index (χ0n) is 17.7. The van der Waals surface area contributed by atoms with Crippen LogP contribution >= 0.6 is 46.4 Å². The van der Waals surface area contributed by atoms with Crippen molar-refractivity contribution in [1.29, 1.82) is 0 Å². The van der Waals surface area contributed by atoms with Crippen molar-refractivity contribution >= 4 is 58.2 Å². The summed E-state index contributed by atoms with van der Waals surface area (Å²) in [7, 11) is 0. The first-order valence-corrected chi connectivity index (χ1v) is 11.6. The maximum absolute atomic E-state index is 13.3. The van der Waals surface area contributed by atoms with Crippen LogP contribution in [-0.4, -0.2) is 28.8 Å². The van der Waals surface area contributed by atoms with Crippen LogP contribution in [-0.2, 0) is 22.6 Å². The Morgan fingerprint density at radius 2 is 1.42 bits per heavy atom. The van der Waals surface area contributed by atoms with Gasteiger partial charge in [-0.3, -0.25) is 9.59 Å². The number of halogens is 4. The molecular formula is C23H26Cl4N2O2. The minimum Gasteiger partial charge on any atom is -0.352 e. The molecule has 31 heavy (non-hydrogen) atoms. The van der Waals surface area contributed by atoms with Gasteiger partial charge in [0.15, 0.2) is 0 Å². The Kier molecular flexibility index (Phi) is 9.95. The van der Waals surface area contributed by atoms with Crippen LogP contribution in [0.25, 0.3) is 0 Å². The van der Waals surface area contributed by atoms with Gasteiger partial charge in [0.05, 0.1) is 26.5 Å². The number of carbonyl (C=O) groups is 2. The van der Waals surface area contributed by atoms with Gasteiger partial charge in [-0.15, -0.1) is 0 Å². The van der Waals surface area contributed by atoms with Crippen molar-refractivity contribution in [3.63, 3.8) is 0 Å². The topological polar surface area (TPSA) is 49.4 Å². The third-order valence-electron chi connectivity index (χ3n) is 5.06. The van der Waals surface area contributed by atoms with Gasteiger partial charge in [0, 0.05) is 12.6 Å². The zero-order valence-corrected chi connectivity index (χ0v) is 20.7. The van der Waals surface area contributed by atoms with Crippen molar-refractivity contribution in [3.05, 3.63) is 67.6 Å². The van der Waals surface area contributed by atoms with Crippen LogP contribution < -0.4 is 5.32 Å². The van der Waals surface area contributed by atoms with Gasteiger partial charge in [-0.2, -0.15) is 0 Å². The molecule has 0 aliphatic heterocycles. The predicted octanol–water partition coefficient (Wildman–Crippen LogP) is 6.56. The molecule has 2 amide bonds. The molecular weight excluding hydrogens is 478 g/mol. The first kappa shape index (κ1) is 25.8. The third-order valence-corrected chi connectivity index (χ3v) is 6.54. The van der Waals surface area contributed by atoms with Crippen molar-refractivity contribution in [3.8, 4) is 0 Å². The van der Waals surface area contributed by atoms with Gasteiger partial charge >= 0.3 is 0 Å². The van der Waals surface area contributed by atoms with Crippen LogP contribution in [0.5, 0.6) is 0 Å². The summed E-state index contributed by atoms with van der Waals surface area (Å²) in [5.74, 6) is -0.380. The second kappa shape index (κ2) is 12.0. The fraction of sp³-hybridized carbons (Fsp3) is 0.391. The molecule has 0 saturated heterocycles. The molecule has 0 saturated carbocycles. The van der Waals surface area contributed by atoms with Crippen molar-refractivity contribution in [2.75, 3.05) is 0 Å². The van der Waals surface area contributed by atoms with E-state index < -0.39 is 6.04 Å². The molecule has 0 radical (unpaired) electrons.